The number of nitrogens with two attached hydrogens (primary N) is 1. The first-order chi connectivity index (χ1) is 14.4. The van der Waals surface area contributed by atoms with Crippen LogP contribution in [0.5, 0.6) is 0 Å². The van der Waals surface area contributed by atoms with E-state index < -0.39 is 23.3 Å². The summed E-state index contributed by atoms with van der Waals surface area (Å²) < 4.78 is 25.8. The maximum atomic E-state index is 13.4. The minimum Gasteiger partial charge on any atom is -0.465 e. The molecular weight excluding hydrogens is 396 g/mol. The summed E-state index contributed by atoms with van der Waals surface area (Å²) in [5, 5.41) is 2.70. The van der Waals surface area contributed by atoms with Gasteiger partial charge in [-0.3, -0.25) is 4.79 Å². The molecule has 1 aromatic carbocycles. The van der Waals surface area contributed by atoms with Crippen molar-refractivity contribution in [3.8, 4) is 0 Å². The quantitative estimate of drug-likeness (QED) is 0.474. The number of hydrogen-bond donors (Lipinski definition) is 2. The molecule has 1 unspecified atom stereocenters. The fourth-order valence-corrected chi connectivity index (χ4v) is 3.65. The van der Waals surface area contributed by atoms with Gasteiger partial charge in [0.1, 0.15) is 35.5 Å². The molecule has 160 valence electrons. The maximum Gasteiger partial charge on any atom is 0.340 e. The Morgan fingerprint density at radius 3 is 2.47 bits per heavy atom. The number of amides is 1. The Hall–Kier alpha value is -3.37. The third-order valence-electron chi connectivity index (χ3n) is 4.82. The number of nitrogens with one attached hydrogen (secondary N) is 1. The molecule has 3 N–H and O–H groups in total. The van der Waals surface area contributed by atoms with Crippen LogP contribution in [0.4, 0.5) is 5.69 Å². The monoisotopic (exact) mass is 418 g/mol. The van der Waals surface area contributed by atoms with Crippen molar-refractivity contribution < 1.29 is 38.1 Å². The van der Waals surface area contributed by atoms with E-state index >= 15 is 0 Å². The van der Waals surface area contributed by atoms with Crippen LogP contribution in [-0.4, -0.2) is 59.0 Å². The van der Waals surface area contributed by atoms with Crippen molar-refractivity contribution in [1.82, 2.24) is 0 Å². The van der Waals surface area contributed by atoms with Crippen LogP contribution in [0.3, 0.4) is 0 Å². The van der Waals surface area contributed by atoms with E-state index in [1.54, 1.807) is 24.3 Å². The fraction of sp³-hybridized carbons (Fsp3) is 0.350. The lowest BCUT2D eigenvalue weighted by molar-refractivity contribution is -0.143. The highest BCUT2D eigenvalue weighted by atomic mass is 16.6. The van der Waals surface area contributed by atoms with E-state index in [0.29, 0.717) is 11.3 Å². The smallest absolute Gasteiger partial charge is 0.340 e. The molecular formula is C20H22N2O8. The van der Waals surface area contributed by atoms with Crippen LogP contribution in [0.2, 0.25) is 0 Å². The van der Waals surface area contributed by atoms with Gasteiger partial charge in [-0.15, -0.1) is 0 Å². The standard InChI is InChI=1S/C20H22N2O8/c1-26-8-9-29-18(24)14-13(10-27-2)30-16(21)15(17(23)28-3)20(14)11-6-4-5-7-12(11)22-19(20)25/h4-7H,8-10,21H2,1-3H3,(H,22,25). The van der Waals surface area contributed by atoms with Gasteiger partial charge in [0.05, 0.1) is 13.7 Å². The van der Waals surface area contributed by atoms with Gasteiger partial charge in [0.15, 0.2) is 0 Å². The molecule has 10 nitrogen and oxygen atoms in total. The molecule has 0 aromatic heterocycles. The van der Waals surface area contributed by atoms with Gasteiger partial charge in [-0.1, -0.05) is 18.2 Å². The summed E-state index contributed by atoms with van der Waals surface area (Å²) in [7, 11) is 3.98. The second-order valence-electron chi connectivity index (χ2n) is 6.44. The van der Waals surface area contributed by atoms with E-state index in [-0.39, 0.29) is 42.6 Å². The second kappa shape index (κ2) is 8.56. The Balaban J connectivity index is 2.31. The molecule has 0 fully saturated rings. The van der Waals surface area contributed by atoms with E-state index in [0.717, 1.165) is 7.11 Å². The number of esters is 2. The van der Waals surface area contributed by atoms with Crippen LogP contribution in [0, 0.1) is 0 Å². The molecule has 0 radical (unpaired) electrons. The van der Waals surface area contributed by atoms with E-state index in [2.05, 4.69) is 5.32 Å². The average Bonchev–Trinajstić information content (AvgIpc) is 3.00. The SMILES string of the molecule is COCCOC(=O)C1=C(COC)OC(N)=C(C(=O)OC)C12C(=O)Nc1ccccc12. The number of hydrogen-bond acceptors (Lipinski definition) is 9. The predicted molar refractivity (Wildman–Crippen MR) is 103 cm³/mol. The number of benzene rings is 1. The van der Waals surface area contributed by atoms with Gasteiger partial charge in [0, 0.05) is 25.5 Å². The van der Waals surface area contributed by atoms with E-state index in [4.69, 9.17) is 29.4 Å². The van der Waals surface area contributed by atoms with Crippen molar-refractivity contribution in [2.24, 2.45) is 5.73 Å². The Kier molecular flexibility index (Phi) is 6.09. The van der Waals surface area contributed by atoms with Crippen molar-refractivity contribution >= 4 is 23.5 Å². The molecule has 0 bridgehead atoms. The summed E-state index contributed by atoms with van der Waals surface area (Å²) in [6.07, 6.45) is 0. The summed E-state index contributed by atoms with van der Waals surface area (Å²) in [4.78, 5) is 39.3. The first kappa shape index (κ1) is 21.3. The van der Waals surface area contributed by atoms with E-state index in [1.807, 2.05) is 0 Å². The highest BCUT2D eigenvalue weighted by Crippen LogP contribution is 2.52. The Morgan fingerprint density at radius 2 is 1.80 bits per heavy atom. The third kappa shape index (κ3) is 3.19. The molecule has 1 atom stereocenters. The van der Waals surface area contributed by atoms with Gasteiger partial charge in [-0.05, 0) is 6.07 Å². The highest BCUT2D eigenvalue weighted by molar-refractivity contribution is 6.21. The molecule has 1 aromatic rings. The van der Waals surface area contributed by atoms with Crippen molar-refractivity contribution in [2.75, 3.05) is 46.5 Å². The van der Waals surface area contributed by atoms with Crippen LogP contribution >= 0.6 is 0 Å². The lowest BCUT2D eigenvalue weighted by Crippen LogP contribution is -2.49. The van der Waals surface area contributed by atoms with Crippen molar-refractivity contribution in [1.29, 1.82) is 0 Å². The van der Waals surface area contributed by atoms with Gasteiger partial charge >= 0.3 is 11.9 Å². The molecule has 10 heteroatoms. The molecule has 0 saturated carbocycles. The maximum absolute atomic E-state index is 13.4. The van der Waals surface area contributed by atoms with Gasteiger partial charge in [-0.2, -0.15) is 0 Å². The number of rotatable bonds is 7. The summed E-state index contributed by atoms with van der Waals surface area (Å²) in [5.41, 5.74) is 4.35. The third-order valence-corrected chi connectivity index (χ3v) is 4.82. The largest absolute Gasteiger partial charge is 0.465 e. The molecule has 0 saturated heterocycles. The van der Waals surface area contributed by atoms with E-state index in [1.165, 1.54) is 14.2 Å². The topological polar surface area (TPSA) is 135 Å². The number of fused-ring (bicyclic) bond motifs is 2. The summed E-state index contributed by atoms with van der Waals surface area (Å²) >= 11 is 0. The molecule has 30 heavy (non-hydrogen) atoms. The van der Waals surface area contributed by atoms with Gasteiger partial charge < -0.3 is 34.7 Å². The molecule has 3 rings (SSSR count). The van der Waals surface area contributed by atoms with Crippen molar-refractivity contribution in [3.05, 3.63) is 52.6 Å². The number of anilines is 1. The molecule has 2 heterocycles. The number of para-hydroxylation sites is 1. The van der Waals surface area contributed by atoms with E-state index in [9.17, 15) is 14.4 Å². The van der Waals surface area contributed by atoms with Crippen LogP contribution in [0.1, 0.15) is 5.56 Å². The molecule has 1 spiro atoms. The zero-order chi connectivity index (χ0) is 21.9. The first-order valence-electron chi connectivity index (χ1n) is 8.99. The predicted octanol–water partition coefficient (Wildman–Crippen LogP) is 0.340. The van der Waals surface area contributed by atoms with Gasteiger partial charge in [-0.25, -0.2) is 9.59 Å². The lowest BCUT2D eigenvalue weighted by atomic mass is 9.67. The Morgan fingerprint density at radius 1 is 1.07 bits per heavy atom. The van der Waals surface area contributed by atoms with Gasteiger partial charge in [0.2, 0.25) is 11.8 Å². The molecule has 2 aliphatic heterocycles. The number of carbonyl (C=O) groups is 3. The molecule has 2 aliphatic rings. The Labute approximate surface area is 172 Å². The first-order valence-corrected chi connectivity index (χ1v) is 8.99. The summed E-state index contributed by atoms with van der Waals surface area (Å²) in [5.74, 6) is -2.87. The van der Waals surface area contributed by atoms with Crippen LogP contribution < -0.4 is 11.1 Å². The highest BCUT2D eigenvalue weighted by Gasteiger charge is 2.62. The second-order valence-corrected chi connectivity index (χ2v) is 6.44. The van der Waals surface area contributed by atoms with Gasteiger partial charge in [0.25, 0.3) is 0 Å². The Bertz CT molecular complexity index is 952. The zero-order valence-electron chi connectivity index (χ0n) is 16.8. The fourth-order valence-electron chi connectivity index (χ4n) is 3.65. The lowest BCUT2D eigenvalue weighted by Gasteiger charge is -2.35. The summed E-state index contributed by atoms with van der Waals surface area (Å²) in [6.45, 7) is -0.136. The minimum atomic E-state index is -1.93. The zero-order valence-corrected chi connectivity index (χ0v) is 16.8. The van der Waals surface area contributed by atoms with Crippen LogP contribution in [0.25, 0.3) is 0 Å². The normalized spacial score (nSPS) is 20.0. The number of methoxy groups -OCH3 is 3. The van der Waals surface area contributed by atoms with Crippen molar-refractivity contribution in [3.63, 3.8) is 0 Å². The summed E-state index contributed by atoms with van der Waals surface area (Å²) in [6, 6.07) is 6.64. The average molecular weight is 418 g/mol. The molecule has 0 aliphatic carbocycles. The van der Waals surface area contributed by atoms with Crippen LogP contribution in [-0.2, 0) is 43.5 Å². The minimum absolute atomic E-state index is 0.0445. The molecule has 1 amide bonds. The number of carbonyl (C=O) groups excluding carboxylic acids is 3. The van der Waals surface area contributed by atoms with Crippen molar-refractivity contribution in [2.45, 2.75) is 5.41 Å². The van der Waals surface area contributed by atoms with Crippen LogP contribution in [0.15, 0.2) is 47.1 Å². The number of ether oxygens (including phenoxy) is 5.